The van der Waals surface area contributed by atoms with Crippen molar-refractivity contribution in [2.75, 3.05) is 11.6 Å². The van der Waals surface area contributed by atoms with Crippen molar-refractivity contribution in [2.45, 2.75) is 25.0 Å². The minimum atomic E-state index is -3.46. The molecule has 0 fully saturated rings. The molecule has 0 saturated carbocycles. The molecule has 14 heteroatoms. The first-order valence-electron chi connectivity index (χ1n) is 11.3. The van der Waals surface area contributed by atoms with Crippen molar-refractivity contribution in [1.82, 2.24) is 15.0 Å². The van der Waals surface area contributed by atoms with Crippen LogP contribution in [0.15, 0.2) is 66.2 Å². The van der Waals surface area contributed by atoms with Crippen LogP contribution in [0.4, 0.5) is 5.13 Å². The summed E-state index contributed by atoms with van der Waals surface area (Å²) in [4.78, 5) is 36.0. The number of aromatic carboxylic acids is 1. The molecule has 12 nitrogen and oxygen atoms in total. The molecule has 39 heavy (non-hydrogen) atoms. The molecule has 4 aromatic rings. The van der Waals surface area contributed by atoms with E-state index >= 15 is 0 Å². The highest BCUT2D eigenvalue weighted by atomic mass is 32.2. The van der Waals surface area contributed by atoms with E-state index in [0.29, 0.717) is 10.8 Å². The third-order valence-electron chi connectivity index (χ3n) is 4.72. The fourth-order valence-electron chi connectivity index (χ4n) is 3.13. The van der Waals surface area contributed by atoms with E-state index in [9.17, 15) is 18.0 Å². The van der Waals surface area contributed by atoms with Crippen LogP contribution in [0.3, 0.4) is 0 Å². The highest BCUT2D eigenvalue weighted by Gasteiger charge is 2.16. The number of carbonyl (C=O) groups excluding carboxylic acids is 1. The van der Waals surface area contributed by atoms with Gasteiger partial charge in [-0.05, 0) is 44.2 Å². The number of sulfone groups is 1. The summed E-state index contributed by atoms with van der Waals surface area (Å²) in [6.45, 7) is 3.67. The van der Waals surface area contributed by atoms with Crippen molar-refractivity contribution in [3.8, 4) is 28.1 Å². The van der Waals surface area contributed by atoms with Crippen molar-refractivity contribution >= 4 is 38.2 Å². The van der Waals surface area contributed by atoms with E-state index in [-0.39, 0.29) is 44.6 Å². The summed E-state index contributed by atoms with van der Waals surface area (Å²) in [5.74, 6) is -0.535. The lowest BCUT2D eigenvalue weighted by molar-refractivity contribution is 0.0695. The second-order valence-electron chi connectivity index (χ2n) is 8.32. The molecule has 4 rings (SSSR count). The molecule has 3 aromatic heterocycles. The van der Waals surface area contributed by atoms with Gasteiger partial charge >= 0.3 is 5.97 Å². The summed E-state index contributed by atoms with van der Waals surface area (Å²) in [6, 6.07) is 8.72. The quantitative estimate of drug-likeness (QED) is 0.272. The van der Waals surface area contributed by atoms with Crippen molar-refractivity contribution in [3.63, 3.8) is 0 Å². The first-order chi connectivity index (χ1) is 18.5. The van der Waals surface area contributed by atoms with Gasteiger partial charge in [-0.3, -0.25) is 15.1 Å². The highest BCUT2D eigenvalue weighted by Crippen LogP contribution is 2.32. The molecule has 1 aromatic carbocycles. The van der Waals surface area contributed by atoms with Crippen LogP contribution in [0.5, 0.6) is 28.1 Å². The number of aromatic nitrogens is 3. The number of rotatable bonds is 10. The number of nitrogens with zero attached hydrogens (tertiary/aromatic N) is 3. The molecule has 3 heterocycles. The molecule has 0 radical (unpaired) electrons. The Labute approximate surface area is 227 Å². The van der Waals surface area contributed by atoms with E-state index in [1.807, 2.05) is 13.8 Å². The largest absolute Gasteiger partial charge is 0.491 e. The number of anilines is 1. The fourth-order valence-corrected chi connectivity index (χ4v) is 4.37. The van der Waals surface area contributed by atoms with Crippen LogP contribution in [0.1, 0.15) is 34.6 Å². The van der Waals surface area contributed by atoms with Gasteiger partial charge < -0.3 is 19.3 Å². The zero-order chi connectivity index (χ0) is 28.2. The average Bonchev–Trinajstić information content (AvgIpc) is 3.29. The van der Waals surface area contributed by atoms with Gasteiger partial charge in [0.2, 0.25) is 5.06 Å². The Kier molecular flexibility index (Phi) is 8.07. The molecule has 202 valence electrons. The molecule has 0 unspecified atom stereocenters. The second kappa shape index (κ2) is 11.4. The Balaban J connectivity index is 1.51. The first-order valence-corrected chi connectivity index (χ1v) is 14.0. The maximum absolute atomic E-state index is 13.0. The van der Waals surface area contributed by atoms with Crippen molar-refractivity contribution in [2.24, 2.45) is 0 Å². The molecule has 0 bridgehead atoms. The summed E-state index contributed by atoms with van der Waals surface area (Å²) < 4.78 is 40.5. The Morgan fingerprint density at radius 3 is 2.31 bits per heavy atom. The van der Waals surface area contributed by atoms with Crippen molar-refractivity contribution in [3.05, 3.63) is 72.3 Å². The van der Waals surface area contributed by atoms with Gasteiger partial charge in [-0.1, -0.05) is 11.3 Å². The lowest BCUT2D eigenvalue weighted by Crippen LogP contribution is -2.13. The fraction of sp³-hybridized carbons (Fsp3) is 0.160. The van der Waals surface area contributed by atoms with Gasteiger partial charge in [0.05, 0.1) is 30.3 Å². The number of amides is 1. The number of benzene rings is 1. The summed E-state index contributed by atoms with van der Waals surface area (Å²) in [7, 11) is -3.46. The predicted molar refractivity (Wildman–Crippen MR) is 141 cm³/mol. The van der Waals surface area contributed by atoms with E-state index in [2.05, 4.69) is 20.3 Å². The van der Waals surface area contributed by atoms with Gasteiger partial charge in [0.25, 0.3) is 5.91 Å². The number of pyridine rings is 2. The average molecular weight is 571 g/mol. The molecule has 0 aliphatic carbocycles. The predicted octanol–water partition coefficient (Wildman–Crippen LogP) is 4.66. The summed E-state index contributed by atoms with van der Waals surface area (Å²) in [5.41, 5.74) is 0.175. The standard InChI is InChI=1S/C25H22N4O8S2/c1-14(2)35-18-6-15(7-19(9-18)36-17-4-5-21(27-12-17)39(3,33)34)23(30)29-25-28-13-22(38-25)37-20-8-16(24(31)32)10-26-11-20/h4-14H,1-3H3,(H,31,32)(H,28,29,30). The van der Waals surface area contributed by atoms with Gasteiger partial charge in [-0.2, -0.15) is 0 Å². The molecule has 1 amide bonds. The third-order valence-corrected chi connectivity index (χ3v) is 6.51. The van der Waals surface area contributed by atoms with E-state index in [1.165, 1.54) is 49.1 Å². The first kappa shape index (κ1) is 27.5. The number of carboxylic acid groups (broad SMARTS) is 1. The van der Waals surface area contributed by atoms with Gasteiger partial charge in [-0.15, -0.1) is 0 Å². The van der Waals surface area contributed by atoms with Crippen LogP contribution in [0.2, 0.25) is 0 Å². The van der Waals surface area contributed by atoms with E-state index in [4.69, 9.17) is 19.3 Å². The zero-order valence-corrected chi connectivity index (χ0v) is 22.4. The Hall–Kier alpha value is -4.56. The van der Waals surface area contributed by atoms with E-state index < -0.39 is 21.7 Å². The van der Waals surface area contributed by atoms with Crippen LogP contribution in [-0.4, -0.2) is 52.7 Å². The molecular formula is C25H22N4O8S2. The number of ether oxygens (including phenoxy) is 3. The molecule has 0 saturated heterocycles. The molecule has 0 aliphatic rings. The summed E-state index contributed by atoms with van der Waals surface area (Å²) in [6.07, 6.45) is 6.08. The normalized spacial score (nSPS) is 11.2. The monoisotopic (exact) mass is 570 g/mol. The van der Waals surface area contributed by atoms with Gasteiger partial charge in [-0.25, -0.2) is 23.2 Å². The Morgan fingerprint density at radius 2 is 1.64 bits per heavy atom. The number of carbonyl (C=O) groups is 2. The van der Waals surface area contributed by atoms with Crippen LogP contribution in [-0.2, 0) is 9.84 Å². The number of hydrogen-bond acceptors (Lipinski definition) is 11. The minimum absolute atomic E-state index is 0.0332. The lowest BCUT2D eigenvalue weighted by atomic mass is 10.2. The zero-order valence-electron chi connectivity index (χ0n) is 20.8. The maximum Gasteiger partial charge on any atom is 0.337 e. The maximum atomic E-state index is 13.0. The number of thiazole rings is 1. The smallest absolute Gasteiger partial charge is 0.337 e. The molecular weight excluding hydrogens is 548 g/mol. The van der Waals surface area contributed by atoms with Crippen LogP contribution in [0, 0.1) is 0 Å². The summed E-state index contributed by atoms with van der Waals surface area (Å²) in [5, 5.41) is 12.2. The third kappa shape index (κ3) is 7.49. The number of carboxylic acids is 1. The van der Waals surface area contributed by atoms with Crippen molar-refractivity contribution in [1.29, 1.82) is 0 Å². The number of nitrogens with one attached hydrogen (secondary N) is 1. The topological polar surface area (TPSA) is 167 Å². The Morgan fingerprint density at radius 1 is 0.897 bits per heavy atom. The number of hydrogen-bond donors (Lipinski definition) is 2. The lowest BCUT2D eigenvalue weighted by Gasteiger charge is -2.14. The molecule has 0 spiro atoms. The highest BCUT2D eigenvalue weighted by molar-refractivity contribution is 7.90. The molecule has 0 aliphatic heterocycles. The summed E-state index contributed by atoms with van der Waals surface area (Å²) >= 11 is 1.03. The molecule has 0 atom stereocenters. The molecule has 2 N–H and O–H groups in total. The Bertz CT molecular complexity index is 1620. The van der Waals surface area contributed by atoms with Gasteiger partial charge in [0.1, 0.15) is 23.0 Å². The van der Waals surface area contributed by atoms with E-state index in [1.54, 1.807) is 12.1 Å². The van der Waals surface area contributed by atoms with Crippen molar-refractivity contribution < 1.29 is 37.3 Å². The SMILES string of the molecule is CC(C)Oc1cc(Oc2ccc(S(C)(=O)=O)nc2)cc(C(=O)Nc2ncc(Oc3cncc(C(=O)O)c3)s2)c1. The van der Waals surface area contributed by atoms with E-state index in [0.717, 1.165) is 17.6 Å². The van der Waals surface area contributed by atoms with Crippen LogP contribution < -0.4 is 19.5 Å². The minimum Gasteiger partial charge on any atom is -0.491 e. The van der Waals surface area contributed by atoms with Crippen LogP contribution in [0.25, 0.3) is 0 Å². The van der Waals surface area contributed by atoms with Crippen LogP contribution >= 0.6 is 11.3 Å². The van der Waals surface area contributed by atoms with Gasteiger partial charge in [0, 0.05) is 24.1 Å². The van der Waals surface area contributed by atoms with Gasteiger partial charge in [0.15, 0.2) is 20.0 Å². The second-order valence-corrected chi connectivity index (χ2v) is 11.3.